The lowest BCUT2D eigenvalue weighted by Crippen LogP contribution is -2.13. The molecule has 0 aromatic carbocycles. The molecule has 102 valence electrons. The minimum Gasteiger partial charge on any atom is -0.224 e. The Bertz CT molecular complexity index is 479. The normalized spacial score (nSPS) is 22.7. The molecule has 0 unspecified atom stereocenters. The minimum atomic E-state index is -1.06. The number of halogens is 2. The molecule has 1 fully saturated rings. The smallest absolute Gasteiger partial charge is 0.224 e. The van der Waals surface area contributed by atoms with Crippen molar-refractivity contribution in [1.29, 1.82) is 0 Å². The van der Waals surface area contributed by atoms with Gasteiger partial charge in [-0.25, -0.2) is 9.37 Å². The Morgan fingerprint density at radius 3 is 2.63 bits per heavy atom. The fraction of sp³-hybridized carbons (Fsp3) is 0.562. The van der Waals surface area contributed by atoms with Crippen molar-refractivity contribution in [3.05, 3.63) is 29.6 Å². The highest BCUT2D eigenvalue weighted by Gasteiger charge is 2.18. The highest BCUT2D eigenvalue weighted by Crippen LogP contribution is 2.31. The molecule has 0 N–H and O–H groups in total. The molecule has 0 radical (unpaired) electrons. The summed E-state index contributed by atoms with van der Waals surface area (Å²) in [5.74, 6) is 5.33. The van der Waals surface area contributed by atoms with E-state index in [2.05, 4.69) is 23.7 Å². The monoisotopic (exact) mass is 263 g/mol. The lowest BCUT2D eigenvalue weighted by molar-refractivity contribution is 0.300. The maximum Gasteiger partial charge on any atom is 0.248 e. The van der Waals surface area contributed by atoms with Crippen LogP contribution in [-0.4, -0.2) is 4.98 Å². The number of pyridine rings is 1. The molecule has 1 aliphatic carbocycles. The zero-order chi connectivity index (χ0) is 13.7. The Morgan fingerprint density at radius 2 is 2.00 bits per heavy atom. The van der Waals surface area contributed by atoms with Gasteiger partial charge in [0.25, 0.3) is 0 Å². The maximum atomic E-state index is 13.0. The van der Waals surface area contributed by atoms with E-state index < -0.39 is 11.8 Å². The quantitative estimate of drug-likeness (QED) is 0.572. The predicted molar refractivity (Wildman–Crippen MR) is 71.4 cm³/mol. The first-order chi connectivity index (χ1) is 9.19. The largest absolute Gasteiger partial charge is 0.248 e. The summed E-state index contributed by atoms with van der Waals surface area (Å²) in [4.78, 5) is 3.33. The van der Waals surface area contributed by atoms with Gasteiger partial charge in [0.05, 0.1) is 0 Å². The molecule has 0 amide bonds. The summed E-state index contributed by atoms with van der Waals surface area (Å²) in [5, 5.41) is 0. The van der Waals surface area contributed by atoms with Gasteiger partial charge >= 0.3 is 0 Å². The van der Waals surface area contributed by atoms with Gasteiger partial charge in [0.1, 0.15) is 0 Å². The Balaban J connectivity index is 1.92. The van der Waals surface area contributed by atoms with E-state index in [0.29, 0.717) is 11.5 Å². The van der Waals surface area contributed by atoms with Crippen LogP contribution in [0.5, 0.6) is 0 Å². The van der Waals surface area contributed by atoms with Crippen LogP contribution < -0.4 is 0 Å². The summed E-state index contributed by atoms with van der Waals surface area (Å²) in [6, 6.07) is 1.11. The van der Waals surface area contributed by atoms with Gasteiger partial charge in [-0.2, -0.15) is 4.39 Å². The summed E-state index contributed by atoms with van der Waals surface area (Å²) >= 11 is 0. The van der Waals surface area contributed by atoms with Crippen molar-refractivity contribution in [2.75, 3.05) is 0 Å². The predicted octanol–water partition coefficient (Wildman–Crippen LogP) is 4.32. The van der Waals surface area contributed by atoms with E-state index in [4.69, 9.17) is 0 Å². The van der Waals surface area contributed by atoms with Crippen molar-refractivity contribution in [2.24, 2.45) is 11.8 Å². The van der Waals surface area contributed by atoms with Crippen LogP contribution in [0.2, 0.25) is 0 Å². The van der Waals surface area contributed by atoms with Crippen molar-refractivity contribution < 1.29 is 8.78 Å². The van der Waals surface area contributed by atoms with Crippen LogP contribution in [0.1, 0.15) is 51.0 Å². The van der Waals surface area contributed by atoms with Crippen LogP contribution in [0.3, 0.4) is 0 Å². The molecule has 1 aromatic rings. The molecule has 2 rings (SSSR count). The van der Waals surface area contributed by atoms with E-state index in [1.54, 1.807) is 0 Å². The zero-order valence-corrected chi connectivity index (χ0v) is 11.3. The molecular formula is C16H19F2N. The van der Waals surface area contributed by atoms with Crippen molar-refractivity contribution in [2.45, 2.75) is 45.4 Å². The van der Waals surface area contributed by atoms with Crippen LogP contribution in [-0.2, 0) is 0 Å². The maximum absolute atomic E-state index is 13.0. The van der Waals surface area contributed by atoms with Crippen LogP contribution in [0, 0.1) is 35.4 Å². The van der Waals surface area contributed by atoms with E-state index in [1.165, 1.54) is 31.9 Å². The number of rotatable bonds is 2. The van der Waals surface area contributed by atoms with Gasteiger partial charge in [-0.05, 0) is 37.7 Å². The first kappa shape index (κ1) is 14.0. The Kier molecular flexibility index (Phi) is 4.90. The molecule has 1 aliphatic rings. The Morgan fingerprint density at radius 1 is 1.26 bits per heavy atom. The van der Waals surface area contributed by atoms with E-state index in [0.717, 1.165) is 24.8 Å². The van der Waals surface area contributed by atoms with Crippen LogP contribution in [0.25, 0.3) is 0 Å². The molecule has 1 nitrogen and oxygen atoms in total. The molecular weight excluding hydrogens is 244 g/mol. The second-order valence-corrected chi connectivity index (χ2v) is 5.27. The molecule has 0 spiro atoms. The van der Waals surface area contributed by atoms with Crippen molar-refractivity contribution in [3.8, 4) is 11.8 Å². The van der Waals surface area contributed by atoms with Gasteiger partial charge in [0.2, 0.25) is 5.95 Å². The molecule has 19 heavy (non-hydrogen) atoms. The summed E-state index contributed by atoms with van der Waals surface area (Å²) < 4.78 is 25.7. The molecule has 0 saturated heterocycles. The Hall–Kier alpha value is -1.43. The zero-order valence-electron chi connectivity index (χ0n) is 11.3. The van der Waals surface area contributed by atoms with E-state index in [1.807, 2.05) is 0 Å². The SMILES string of the molecule is CCCC1CCC(C#Cc2cnc(F)c(F)c2)CC1. The number of nitrogens with zero attached hydrogens (tertiary/aromatic N) is 1. The highest BCUT2D eigenvalue weighted by atomic mass is 19.2. The average molecular weight is 263 g/mol. The minimum absolute atomic E-state index is 0.390. The summed E-state index contributed by atoms with van der Waals surface area (Å²) in [6.45, 7) is 2.22. The summed E-state index contributed by atoms with van der Waals surface area (Å²) in [5.41, 5.74) is 0.453. The van der Waals surface area contributed by atoms with Gasteiger partial charge in [0.15, 0.2) is 5.82 Å². The van der Waals surface area contributed by atoms with E-state index >= 15 is 0 Å². The molecule has 0 bridgehead atoms. The molecule has 1 heterocycles. The van der Waals surface area contributed by atoms with E-state index in [-0.39, 0.29) is 0 Å². The van der Waals surface area contributed by atoms with Crippen LogP contribution in [0.15, 0.2) is 12.3 Å². The van der Waals surface area contributed by atoms with Crippen LogP contribution >= 0.6 is 0 Å². The number of hydrogen-bond acceptors (Lipinski definition) is 1. The van der Waals surface area contributed by atoms with Gasteiger partial charge in [-0.1, -0.05) is 31.6 Å². The summed E-state index contributed by atoms with van der Waals surface area (Å²) in [6.07, 6.45) is 8.57. The second kappa shape index (κ2) is 6.65. The molecule has 1 aromatic heterocycles. The fourth-order valence-electron chi connectivity index (χ4n) is 2.68. The summed E-state index contributed by atoms with van der Waals surface area (Å²) in [7, 11) is 0. The molecule has 0 aliphatic heterocycles. The topological polar surface area (TPSA) is 12.9 Å². The molecule has 0 atom stereocenters. The third kappa shape index (κ3) is 4.02. The lowest BCUT2D eigenvalue weighted by atomic mass is 9.80. The van der Waals surface area contributed by atoms with E-state index in [9.17, 15) is 8.78 Å². The van der Waals surface area contributed by atoms with Gasteiger partial charge in [0, 0.05) is 17.7 Å². The van der Waals surface area contributed by atoms with Gasteiger partial charge in [-0.3, -0.25) is 0 Å². The standard InChI is InChI=1S/C16H19F2N/c1-2-3-12-4-6-13(7-5-12)8-9-14-10-15(17)16(18)19-11-14/h10-13H,2-7H2,1H3. The third-order valence-corrected chi connectivity index (χ3v) is 3.76. The van der Waals surface area contributed by atoms with Crippen molar-refractivity contribution in [3.63, 3.8) is 0 Å². The van der Waals surface area contributed by atoms with Crippen molar-refractivity contribution >= 4 is 0 Å². The van der Waals surface area contributed by atoms with Crippen molar-refractivity contribution in [1.82, 2.24) is 4.98 Å². The van der Waals surface area contributed by atoms with Gasteiger partial charge < -0.3 is 0 Å². The molecule has 3 heteroatoms. The van der Waals surface area contributed by atoms with Gasteiger partial charge in [-0.15, -0.1) is 0 Å². The third-order valence-electron chi connectivity index (χ3n) is 3.76. The fourth-order valence-corrected chi connectivity index (χ4v) is 2.68. The molecule has 1 saturated carbocycles. The first-order valence-electron chi connectivity index (χ1n) is 7.01. The Labute approximate surface area is 113 Å². The number of hydrogen-bond donors (Lipinski definition) is 0. The number of aromatic nitrogens is 1. The van der Waals surface area contributed by atoms with Crippen LogP contribution in [0.4, 0.5) is 8.78 Å². The second-order valence-electron chi connectivity index (χ2n) is 5.27. The highest BCUT2D eigenvalue weighted by molar-refractivity contribution is 5.32. The first-order valence-corrected chi connectivity index (χ1v) is 7.01. The average Bonchev–Trinajstić information content (AvgIpc) is 2.42. The lowest BCUT2D eigenvalue weighted by Gasteiger charge is -2.25.